The van der Waals surface area contributed by atoms with Crippen molar-refractivity contribution in [2.24, 2.45) is 0 Å². The minimum atomic E-state index is 0.202. The number of hydrogen-bond donors (Lipinski definition) is 1. The molecule has 1 aliphatic heterocycles. The van der Waals surface area contributed by atoms with Gasteiger partial charge in [0.05, 0.1) is 18.2 Å². The highest BCUT2D eigenvalue weighted by atomic mass is 35.5. The Morgan fingerprint density at radius 1 is 1.37 bits per heavy atom. The summed E-state index contributed by atoms with van der Waals surface area (Å²) in [5.41, 5.74) is 1.62. The van der Waals surface area contributed by atoms with E-state index in [4.69, 9.17) is 16.9 Å². The smallest absolute Gasteiger partial charge is 0.0992 e. The van der Waals surface area contributed by atoms with Crippen LogP contribution in [0.2, 0.25) is 5.02 Å². The maximum Gasteiger partial charge on any atom is 0.0992 e. The third-order valence-electron chi connectivity index (χ3n) is 3.77. The molecule has 19 heavy (non-hydrogen) atoms. The third kappa shape index (κ3) is 3.70. The van der Waals surface area contributed by atoms with Crippen molar-refractivity contribution in [3.63, 3.8) is 0 Å². The summed E-state index contributed by atoms with van der Waals surface area (Å²) in [5.74, 6) is 0. The molecule has 102 valence electrons. The van der Waals surface area contributed by atoms with Crippen LogP contribution in [0.4, 0.5) is 0 Å². The molecule has 4 heteroatoms. The minimum absolute atomic E-state index is 0.202. The molecule has 0 aliphatic carbocycles. The van der Waals surface area contributed by atoms with Crippen molar-refractivity contribution in [1.82, 2.24) is 4.90 Å². The second-order valence-electron chi connectivity index (χ2n) is 5.07. The Balaban J connectivity index is 2.12. The zero-order chi connectivity index (χ0) is 13.7. The number of aliphatic hydroxyl groups excluding tert-OH is 1. The van der Waals surface area contributed by atoms with Crippen molar-refractivity contribution in [2.75, 3.05) is 13.2 Å². The van der Waals surface area contributed by atoms with E-state index in [0.29, 0.717) is 10.6 Å². The van der Waals surface area contributed by atoms with E-state index in [1.165, 1.54) is 19.3 Å². The molecule has 1 unspecified atom stereocenters. The second-order valence-corrected chi connectivity index (χ2v) is 5.48. The lowest BCUT2D eigenvalue weighted by atomic mass is 10.1. The number of hydrogen-bond acceptors (Lipinski definition) is 3. The van der Waals surface area contributed by atoms with Crippen molar-refractivity contribution in [3.05, 3.63) is 34.3 Å². The molecule has 1 atom stereocenters. The van der Waals surface area contributed by atoms with Crippen LogP contribution in [0, 0.1) is 11.3 Å². The molecule has 1 fully saturated rings. The largest absolute Gasteiger partial charge is 0.395 e. The highest BCUT2D eigenvalue weighted by Gasteiger charge is 2.21. The predicted molar refractivity (Wildman–Crippen MR) is 75.9 cm³/mol. The maximum absolute atomic E-state index is 9.50. The number of nitriles is 1. The standard InChI is InChI=1S/C15H19ClN2O/c16-15-8-12(9-17)5-6-13(15)10-18-7-3-1-2-4-14(18)11-19/h5-6,8,14,19H,1-4,7,10-11H2. The average molecular weight is 279 g/mol. The van der Waals surface area contributed by atoms with Crippen molar-refractivity contribution < 1.29 is 5.11 Å². The summed E-state index contributed by atoms with van der Waals surface area (Å²) in [7, 11) is 0. The Kier molecular flexibility index (Phi) is 5.21. The Morgan fingerprint density at radius 3 is 2.89 bits per heavy atom. The number of likely N-dealkylation sites (tertiary alicyclic amines) is 1. The summed E-state index contributed by atoms with van der Waals surface area (Å²) in [4.78, 5) is 2.31. The van der Waals surface area contributed by atoms with Crippen LogP contribution >= 0.6 is 11.6 Å². The molecule has 0 spiro atoms. The van der Waals surface area contributed by atoms with Gasteiger partial charge in [0, 0.05) is 17.6 Å². The summed E-state index contributed by atoms with van der Waals surface area (Å²) >= 11 is 6.22. The monoisotopic (exact) mass is 278 g/mol. The average Bonchev–Trinajstić information content (AvgIpc) is 2.66. The molecule has 1 aliphatic rings. The van der Waals surface area contributed by atoms with Gasteiger partial charge < -0.3 is 5.11 Å². The Hall–Kier alpha value is -1.08. The van der Waals surface area contributed by atoms with Crippen LogP contribution in [0.1, 0.15) is 36.8 Å². The first-order valence-corrected chi connectivity index (χ1v) is 7.16. The molecular weight excluding hydrogens is 260 g/mol. The Labute approximate surface area is 119 Å². The SMILES string of the molecule is N#Cc1ccc(CN2CCCCCC2CO)c(Cl)c1. The van der Waals surface area contributed by atoms with Gasteiger partial charge in [-0.3, -0.25) is 4.90 Å². The number of benzene rings is 1. The number of nitrogens with zero attached hydrogens (tertiary/aromatic N) is 2. The lowest BCUT2D eigenvalue weighted by molar-refractivity contribution is 0.118. The fourth-order valence-electron chi connectivity index (χ4n) is 2.62. The first-order chi connectivity index (χ1) is 9.24. The molecule has 0 radical (unpaired) electrons. The van der Waals surface area contributed by atoms with Crippen LogP contribution in [-0.2, 0) is 6.54 Å². The quantitative estimate of drug-likeness (QED) is 0.925. The zero-order valence-corrected chi connectivity index (χ0v) is 11.7. The van der Waals surface area contributed by atoms with E-state index in [9.17, 15) is 5.11 Å². The lowest BCUT2D eigenvalue weighted by Crippen LogP contribution is -2.36. The van der Waals surface area contributed by atoms with Crippen LogP contribution in [0.15, 0.2) is 18.2 Å². The molecule has 3 nitrogen and oxygen atoms in total. The molecule has 1 aromatic carbocycles. The van der Waals surface area contributed by atoms with E-state index >= 15 is 0 Å². The minimum Gasteiger partial charge on any atom is -0.395 e. The number of aliphatic hydroxyl groups is 1. The van der Waals surface area contributed by atoms with Crippen molar-refractivity contribution in [3.8, 4) is 6.07 Å². The fourth-order valence-corrected chi connectivity index (χ4v) is 2.86. The van der Waals surface area contributed by atoms with Gasteiger partial charge in [-0.1, -0.05) is 30.5 Å². The molecule has 2 rings (SSSR count). The van der Waals surface area contributed by atoms with Gasteiger partial charge in [0.2, 0.25) is 0 Å². The number of halogens is 1. The van der Waals surface area contributed by atoms with Crippen LogP contribution in [0.25, 0.3) is 0 Å². The summed E-state index contributed by atoms with van der Waals surface area (Å²) in [6.07, 6.45) is 4.63. The first kappa shape index (κ1) is 14.3. The highest BCUT2D eigenvalue weighted by Crippen LogP contribution is 2.23. The topological polar surface area (TPSA) is 47.3 Å². The molecule has 1 aromatic rings. The van der Waals surface area contributed by atoms with E-state index < -0.39 is 0 Å². The molecule has 1 saturated heterocycles. The van der Waals surface area contributed by atoms with Gasteiger partial charge in [-0.2, -0.15) is 5.26 Å². The highest BCUT2D eigenvalue weighted by molar-refractivity contribution is 6.31. The summed E-state index contributed by atoms with van der Waals surface area (Å²) in [6, 6.07) is 7.75. The summed E-state index contributed by atoms with van der Waals surface area (Å²) < 4.78 is 0. The summed E-state index contributed by atoms with van der Waals surface area (Å²) in [5, 5.41) is 19.0. The fraction of sp³-hybridized carbons (Fsp3) is 0.533. The van der Waals surface area contributed by atoms with Gasteiger partial charge in [-0.15, -0.1) is 0 Å². The normalized spacial score (nSPS) is 20.8. The van der Waals surface area contributed by atoms with Gasteiger partial charge in [-0.25, -0.2) is 0 Å². The molecule has 1 heterocycles. The third-order valence-corrected chi connectivity index (χ3v) is 4.12. The first-order valence-electron chi connectivity index (χ1n) is 6.78. The maximum atomic E-state index is 9.50. The molecule has 1 N–H and O–H groups in total. The second kappa shape index (κ2) is 6.91. The molecule has 0 saturated carbocycles. The summed E-state index contributed by atoms with van der Waals surface area (Å²) in [6.45, 7) is 1.95. The Bertz CT molecular complexity index is 470. The van der Waals surface area contributed by atoms with E-state index in [-0.39, 0.29) is 12.6 Å². The van der Waals surface area contributed by atoms with Gasteiger partial charge in [0.1, 0.15) is 0 Å². The molecular formula is C15H19ClN2O. The van der Waals surface area contributed by atoms with E-state index in [2.05, 4.69) is 11.0 Å². The van der Waals surface area contributed by atoms with Crippen LogP contribution < -0.4 is 0 Å². The number of rotatable bonds is 3. The van der Waals surface area contributed by atoms with Crippen LogP contribution in [-0.4, -0.2) is 29.2 Å². The van der Waals surface area contributed by atoms with Crippen molar-refractivity contribution in [2.45, 2.75) is 38.3 Å². The lowest BCUT2D eigenvalue weighted by Gasteiger charge is -2.28. The van der Waals surface area contributed by atoms with E-state index in [1.807, 2.05) is 6.07 Å². The van der Waals surface area contributed by atoms with E-state index in [0.717, 1.165) is 25.1 Å². The molecule has 0 bridgehead atoms. The van der Waals surface area contributed by atoms with Gasteiger partial charge in [0.25, 0.3) is 0 Å². The molecule has 0 amide bonds. The van der Waals surface area contributed by atoms with Gasteiger partial charge in [0.15, 0.2) is 0 Å². The van der Waals surface area contributed by atoms with Crippen molar-refractivity contribution in [1.29, 1.82) is 5.26 Å². The van der Waals surface area contributed by atoms with Crippen molar-refractivity contribution >= 4 is 11.6 Å². The molecule has 0 aromatic heterocycles. The van der Waals surface area contributed by atoms with Gasteiger partial charge in [-0.05, 0) is 37.1 Å². The van der Waals surface area contributed by atoms with Crippen LogP contribution in [0.3, 0.4) is 0 Å². The van der Waals surface area contributed by atoms with Crippen LogP contribution in [0.5, 0.6) is 0 Å². The van der Waals surface area contributed by atoms with Gasteiger partial charge >= 0.3 is 0 Å². The predicted octanol–water partition coefficient (Wildman–Crippen LogP) is 2.95. The van der Waals surface area contributed by atoms with E-state index in [1.54, 1.807) is 12.1 Å². The zero-order valence-electron chi connectivity index (χ0n) is 11.0. The Morgan fingerprint density at radius 2 is 2.21 bits per heavy atom.